The SMILES string of the molecule is CCCCc1ccc(SCCC2CCCCN2C)cc1. The molecule has 0 saturated carbocycles. The average Bonchev–Trinajstić information content (AvgIpc) is 2.48. The zero-order valence-electron chi connectivity index (χ0n) is 13.1. The molecular weight excluding hydrogens is 262 g/mol. The van der Waals surface area contributed by atoms with E-state index in [2.05, 4.69) is 43.1 Å². The number of thioether (sulfide) groups is 1. The maximum atomic E-state index is 2.55. The van der Waals surface area contributed by atoms with Gasteiger partial charge in [-0.2, -0.15) is 0 Å². The molecule has 1 atom stereocenters. The van der Waals surface area contributed by atoms with Crippen molar-refractivity contribution < 1.29 is 0 Å². The fraction of sp³-hybridized carbons (Fsp3) is 0.667. The van der Waals surface area contributed by atoms with Crippen LogP contribution in [0.2, 0.25) is 0 Å². The van der Waals surface area contributed by atoms with Gasteiger partial charge >= 0.3 is 0 Å². The molecule has 1 aliphatic heterocycles. The van der Waals surface area contributed by atoms with Gasteiger partial charge in [0.25, 0.3) is 0 Å². The minimum absolute atomic E-state index is 0.820. The van der Waals surface area contributed by atoms with Gasteiger partial charge in [-0.1, -0.05) is 31.9 Å². The van der Waals surface area contributed by atoms with Gasteiger partial charge in [0.15, 0.2) is 0 Å². The molecule has 0 spiro atoms. The Morgan fingerprint density at radius 3 is 2.70 bits per heavy atom. The van der Waals surface area contributed by atoms with Gasteiger partial charge in [-0.25, -0.2) is 0 Å². The number of hydrogen-bond acceptors (Lipinski definition) is 2. The maximum absolute atomic E-state index is 2.55. The van der Waals surface area contributed by atoms with Crippen molar-refractivity contribution in [3.05, 3.63) is 29.8 Å². The van der Waals surface area contributed by atoms with Crippen LogP contribution in [0, 0.1) is 0 Å². The van der Waals surface area contributed by atoms with Crippen LogP contribution in [0.5, 0.6) is 0 Å². The van der Waals surface area contributed by atoms with E-state index in [1.807, 2.05) is 11.8 Å². The number of hydrogen-bond donors (Lipinski definition) is 0. The zero-order valence-corrected chi connectivity index (χ0v) is 13.9. The van der Waals surface area contributed by atoms with E-state index in [4.69, 9.17) is 0 Å². The number of piperidine rings is 1. The number of nitrogens with zero attached hydrogens (tertiary/aromatic N) is 1. The normalized spacial score (nSPS) is 20.2. The lowest BCUT2D eigenvalue weighted by Gasteiger charge is -2.32. The molecule has 2 heteroatoms. The van der Waals surface area contributed by atoms with E-state index >= 15 is 0 Å². The van der Waals surface area contributed by atoms with Gasteiger partial charge in [-0.15, -0.1) is 11.8 Å². The van der Waals surface area contributed by atoms with Gasteiger partial charge in [-0.3, -0.25) is 0 Å². The first-order valence-electron chi connectivity index (χ1n) is 8.21. The van der Waals surface area contributed by atoms with Gasteiger partial charge in [0.1, 0.15) is 0 Å². The summed E-state index contributed by atoms with van der Waals surface area (Å²) in [6.07, 6.45) is 9.36. The highest BCUT2D eigenvalue weighted by Gasteiger charge is 2.18. The number of aryl methyl sites for hydroxylation is 1. The Balaban J connectivity index is 1.70. The van der Waals surface area contributed by atoms with E-state index in [0.717, 1.165) is 6.04 Å². The molecule has 1 nitrogen and oxygen atoms in total. The number of likely N-dealkylation sites (tertiary alicyclic amines) is 1. The Kier molecular flexibility index (Phi) is 6.95. The summed E-state index contributed by atoms with van der Waals surface area (Å²) in [6, 6.07) is 10.1. The predicted octanol–water partition coefficient (Wildman–Crippen LogP) is 5.00. The number of rotatable bonds is 7. The second-order valence-corrected chi connectivity index (χ2v) is 7.18. The Labute approximate surface area is 129 Å². The van der Waals surface area contributed by atoms with Gasteiger partial charge in [0.2, 0.25) is 0 Å². The van der Waals surface area contributed by atoms with Crippen molar-refractivity contribution in [2.45, 2.75) is 62.8 Å². The predicted molar refractivity (Wildman–Crippen MR) is 90.7 cm³/mol. The Bertz CT molecular complexity index is 374. The topological polar surface area (TPSA) is 3.24 Å². The number of benzene rings is 1. The lowest BCUT2D eigenvalue weighted by Crippen LogP contribution is -2.36. The van der Waals surface area contributed by atoms with Crippen molar-refractivity contribution in [1.82, 2.24) is 4.90 Å². The molecule has 0 radical (unpaired) electrons. The summed E-state index contributed by atoms with van der Waals surface area (Å²) in [5.74, 6) is 1.25. The summed E-state index contributed by atoms with van der Waals surface area (Å²) in [7, 11) is 2.29. The summed E-state index contributed by atoms with van der Waals surface area (Å²) in [6.45, 7) is 3.55. The van der Waals surface area contributed by atoms with Crippen molar-refractivity contribution in [2.75, 3.05) is 19.3 Å². The molecule has 1 aromatic rings. The standard InChI is InChI=1S/C18H29NS/c1-3-4-7-16-9-11-18(12-10-16)20-15-13-17-8-5-6-14-19(17)2/h9-12,17H,3-8,13-15H2,1-2H3. The highest BCUT2D eigenvalue weighted by Crippen LogP contribution is 2.24. The van der Waals surface area contributed by atoms with Gasteiger partial charge in [-0.05, 0) is 69.1 Å². The fourth-order valence-electron chi connectivity index (χ4n) is 2.95. The molecule has 112 valence electrons. The smallest absolute Gasteiger partial charge is 0.0100 e. The first-order valence-corrected chi connectivity index (χ1v) is 9.20. The molecular formula is C18H29NS. The fourth-order valence-corrected chi connectivity index (χ4v) is 3.91. The van der Waals surface area contributed by atoms with E-state index in [1.54, 1.807) is 0 Å². The summed E-state index contributed by atoms with van der Waals surface area (Å²) in [4.78, 5) is 3.99. The lowest BCUT2D eigenvalue weighted by atomic mass is 10.0. The molecule has 1 heterocycles. The third kappa shape index (κ3) is 5.14. The molecule has 0 bridgehead atoms. The molecule has 0 amide bonds. The van der Waals surface area contributed by atoms with E-state index in [-0.39, 0.29) is 0 Å². The van der Waals surface area contributed by atoms with E-state index < -0.39 is 0 Å². The third-order valence-corrected chi connectivity index (χ3v) is 5.43. The Hall–Kier alpha value is -0.470. The van der Waals surface area contributed by atoms with Crippen LogP contribution in [0.25, 0.3) is 0 Å². The molecule has 2 rings (SSSR count). The first kappa shape index (κ1) is 15.9. The van der Waals surface area contributed by atoms with Crippen molar-refractivity contribution >= 4 is 11.8 Å². The molecule has 0 N–H and O–H groups in total. The average molecular weight is 292 g/mol. The monoisotopic (exact) mass is 291 g/mol. The van der Waals surface area contributed by atoms with Gasteiger partial charge < -0.3 is 4.90 Å². The van der Waals surface area contributed by atoms with Crippen LogP contribution in [0.1, 0.15) is 51.0 Å². The van der Waals surface area contributed by atoms with E-state index in [0.29, 0.717) is 0 Å². The van der Waals surface area contributed by atoms with E-state index in [9.17, 15) is 0 Å². The van der Waals surface area contributed by atoms with Crippen LogP contribution in [-0.4, -0.2) is 30.3 Å². The second kappa shape index (κ2) is 8.74. The summed E-state index contributed by atoms with van der Waals surface area (Å²) >= 11 is 2.02. The number of unbranched alkanes of at least 4 members (excludes halogenated alkanes) is 1. The van der Waals surface area contributed by atoms with Crippen molar-refractivity contribution in [3.8, 4) is 0 Å². The van der Waals surface area contributed by atoms with Crippen LogP contribution < -0.4 is 0 Å². The first-order chi connectivity index (χ1) is 9.79. The quantitative estimate of drug-likeness (QED) is 0.651. The Morgan fingerprint density at radius 1 is 1.20 bits per heavy atom. The summed E-state index contributed by atoms with van der Waals surface area (Å²) in [5, 5.41) is 0. The zero-order chi connectivity index (χ0) is 14.2. The highest BCUT2D eigenvalue weighted by molar-refractivity contribution is 7.99. The van der Waals surface area contributed by atoms with Crippen LogP contribution in [0.4, 0.5) is 0 Å². The minimum Gasteiger partial charge on any atom is -0.303 e. The van der Waals surface area contributed by atoms with Gasteiger partial charge in [0, 0.05) is 10.9 Å². The van der Waals surface area contributed by atoms with Crippen LogP contribution in [0.15, 0.2) is 29.2 Å². The maximum Gasteiger partial charge on any atom is 0.0100 e. The highest BCUT2D eigenvalue weighted by atomic mass is 32.2. The third-order valence-electron chi connectivity index (χ3n) is 4.38. The molecule has 1 aromatic carbocycles. The van der Waals surface area contributed by atoms with Crippen LogP contribution >= 0.6 is 11.8 Å². The minimum atomic E-state index is 0.820. The lowest BCUT2D eigenvalue weighted by molar-refractivity contribution is 0.182. The van der Waals surface area contributed by atoms with Crippen molar-refractivity contribution in [3.63, 3.8) is 0 Å². The molecule has 1 unspecified atom stereocenters. The molecule has 1 saturated heterocycles. The molecule has 20 heavy (non-hydrogen) atoms. The summed E-state index contributed by atoms with van der Waals surface area (Å²) in [5.41, 5.74) is 1.49. The van der Waals surface area contributed by atoms with Gasteiger partial charge in [0.05, 0.1) is 0 Å². The van der Waals surface area contributed by atoms with Crippen molar-refractivity contribution in [2.24, 2.45) is 0 Å². The summed E-state index contributed by atoms with van der Waals surface area (Å²) < 4.78 is 0. The molecule has 1 fully saturated rings. The molecule has 0 aliphatic carbocycles. The molecule has 1 aliphatic rings. The Morgan fingerprint density at radius 2 is 2.00 bits per heavy atom. The van der Waals surface area contributed by atoms with Crippen molar-refractivity contribution in [1.29, 1.82) is 0 Å². The second-order valence-electron chi connectivity index (χ2n) is 6.01. The van der Waals surface area contributed by atoms with E-state index in [1.165, 1.54) is 67.7 Å². The van der Waals surface area contributed by atoms with Crippen LogP contribution in [-0.2, 0) is 6.42 Å². The largest absolute Gasteiger partial charge is 0.303 e. The van der Waals surface area contributed by atoms with Crippen LogP contribution in [0.3, 0.4) is 0 Å². The molecule has 0 aromatic heterocycles.